The monoisotopic (exact) mass is 370 g/mol. The second-order valence-corrected chi connectivity index (χ2v) is 6.62. The molecule has 3 aromatic rings. The lowest BCUT2D eigenvalue weighted by atomic mass is 10.2. The van der Waals surface area contributed by atoms with E-state index in [-0.39, 0.29) is 12.5 Å². The van der Waals surface area contributed by atoms with Crippen LogP contribution in [-0.2, 0) is 16.1 Å². The number of furan rings is 1. The molecule has 1 amide bonds. The lowest BCUT2D eigenvalue weighted by Crippen LogP contribution is -2.22. The fourth-order valence-corrected chi connectivity index (χ4v) is 3.34. The van der Waals surface area contributed by atoms with Gasteiger partial charge in [0.25, 0.3) is 0 Å². The van der Waals surface area contributed by atoms with Gasteiger partial charge in [0.15, 0.2) is 5.13 Å². The maximum absolute atomic E-state index is 12.1. The van der Waals surface area contributed by atoms with Gasteiger partial charge in [-0.1, -0.05) is 12.1 Å². The summed E-state index contributed by atoms with van der Waals surface area (Å²) in [5, 5.41) is 2.31. The number of esters is 1. The van der Waals surface area contributed by atoms with Crippen molar-refractivity contribution in [3.8, 4) is 0 Å². The average molecular weight is 370 g/mol. The minimum atomic E-state index is -0.465. The van der Waals surface area contributed by atoms with E-state index in [9.17, 15) is 9.59 Å². The molecule has 0 aliphatic rings. The van der Waals surface area contributed by atoms with Crippen LogP contribution in [0.5, 0.6) is 0 Å². The summed E-state index contributed by atoms with van der Waals surface area (Å²) in [7, 11) is 0. The van der Waals surface area contributed by atoms with Crippen LogP contribution in [0.15, 0.2) is 46.4 Å². The van der Waals surface area contributed by atoms with Crippen LogP contribution in [0.1, 0.15) is 34.3 Å². The predicted octanol–water partition coefficient (Wildman–Crippen LogP) is 4.39. The van der Waals surface area contributed by atoms with Crippen molar-refractivity contribution in [1.29, 1.82) is 0 Å². The highest BCUT2D eigenvalue weighted by Gasteiger charge is 2.19. The Kier molecular flexibility index (Phi) is 5.18. The van der Waals surface area contributed by atoms with Crippen molar-refractivity contribution in [3.05, 3.63) is 64.6 Å². The van der Waals surface area contributed by atoms with Crippen LogP contribution in [0, 0.1) is 13.8 Å². The van der Waals surface area contributed by atoms with Crippen molar-refractivity contribution in [1.82, 2.24) is 4.98 Å². The zero-order valence-electron chi connectivity index (χ0n) is 14.7. The summed E-state index contributed by atoms with van der Waals surface area (Å²) >= 11 is 1.32. The number of amides is 1. The number of carbonyl (C=O) groups excluding carboxylic acids is 2. The summed E-state index contributed by atoms with van der Waals surface area (Å²) < 4.78 is 10.4. The van der Waals surface area contributed by atoms with Gasteiger partial charge >= 0.3 is 5.97 Å². The fourth-order valence-electron chi connectivity index (χ4n) is 2.47. The molecule has 6 nitrogen and oxygen atoms in total. The standard InChI is InChI=1S/C19H18N2O4S/c1-12-5-4-6-16(9-12)21(14(3)22)19-20-15(11-26-19)10-25-18(23)17-7-8-24-13(17)2/h4-9,11H,10H2,1-3H3. The van der Waals surface area contributed by atoms with E-state index in [0.29, 0.717) is 22.1 Å². The molecule has 26 heavy (non-hydrogen) atoms. The number of aryl methyl sites for hydroxylation is 2. The van der Waals surface area contributed by atoms with E-state index in [2.05, 4.69) is 4.98 Å². The third-order valence-electron chi connectivity index (χ3n) is 3.74. The Morgan fingerprint density at radius 3 is 2.73 bits per heavy atom. The van der Waals surface area contributed by atoms with Crippen molar-refractivity contribution in [2.24, 2.45) is 0 Å². The zero-order chi connectivity index (χ0) is 18.7. The molecule has 0 atom stereocenters. The van der Waals surface area contributed by atoms with Gasteiger partial charge in [-0.3, -0.25) is 9.69 Å². The average Bonchev–Trinajstić information content (AvgIpc) is 3.22. The lowest BCUT2D eigenvalue weighted by Gasteiger charge is -2.18. The van der Waals surface area contributed by atoms with Crippen LogP contribution in [0.2, 0.25) is 0 Å². The van der Waals surface area contributed by atoms with E-state index in [0.717, 1.165) is 11.3 Å². The summed E-state index contributed by atoms with van der Waals surface area (Å²) in [5.74, 6) is -0.0911. The van der Waals surface area contributed by atoms with Gasteiger partial charge in [-0.2, -0.15) is 0 Å². The Balaban J connectivity index is 1.74. The summed E-state index contributed by atoms with van der Waals surface area (Å²) in [6, 6.07) is 9.21. The third-order valence-corrected chi connectivity index (χ3v) is 4.61. The topological polar surface area (TPSA) is 72.6 Å². The van der Waals surface area contributed by atoms with Gasteiger partial charge in [0, 0.05) is 12.3 Å². The van der Waals surface area contributed by atoms with Gasteiger partial charge in [0.1, 0.15) is 17.9 Å². The molecule has 0 bridgehead atoms. The molecule has 2 aromatic heterocycles. The van der Waals surface area contributed by atoms with Crippen molar-refractivity contribution >= 4 is 34.0 Å². The molecule has 0 spiro atoms. The first-order valence-electron chi connectivity index (χ1n) is 7.98. The lowest BCUT2D eigenvalue weighted by molar-refractivity contribution is -0.115. The SMILES string of the molecule is CC(=O)N(c1cccc(C)c1)c1nc(COC(=O)c2ccoc2C)cs1. The smallest absolute Gasteiger partial charge is 0.342 e. The first-order chi connectivity index (χ1) is 12.5. The highest BCUT2D eigenvalue weighted by atomic mass is 32.1. The van der Waals surface area contributed by atoms with Crippen LogP contribution in [0.4, 0.5) is 10.8 Å². The van der Waals surface area contributed by atoms with Crippen molar-refractivity contribution < 1.29 is 18.7 Å². The first-order valence-corrected chi connectivity index (χ1v) is 8.86. The molecular formula is C19H18N2O4S. The number of aromatic nitrogens is 1. The Morgan fingerprint density at radius 2 is 2.08 bits per heavy atom. The molecule has 0 fully saturated rings. The minimum absolute atomic E-state index is 0.0273. The molecule has 3 rings (SSSR count). The Labute approximate surface area is 155 Å². The molecule has 0 aliphatic heterocycles. The predicted molar refractivity (Wildman–Crippen MR) is 98.7 cm³/mol. The summed E-state index contributed by atoms with van der Waals surface area (Å²) in [6.45, 7) is 5.18. The van der Waals surface area contributed by atoms with Crippen LogP contribution in [0.3, 0.4) is 0 Å². The largest absolute Gasteiger partial charge is 0.469 e. The van der Waals surface area contributed by atoms with E-state index >= 15 is 0 Å². The minimum Gasteiger partial charge on any atom is -0.469 e. The molecule has 134 valence electrons. The van der Waals surface area contributed by atoms with E-state index in [1.807, 2.05) is 31.2 Å². The van der Waals surface area contributed by atoms with E-state index in [1.54, 1.807) is 23.3 Å². The summed E-state index contributed by atoms with van der Waals surface area (Å²) in [5.41, 5.74) is 2.78. The molecule has 0 unspecified atom stereocenters. The number of anilines is 2. The van der Waals surface area contributed by atoms with Crippen molar-refractivity contribution in [3.63, 3.8) is 0 Å². The molecule has 1 aromatic carbocycles. The zero-order valence-corrected chi connectivity index (χ0v) is 15.5. The van der Waals surface area contributed by atoms with Crippen LogP contribution < -0.4 is 4.90 Å². The second-order valence-electron chi connectivity index (χ2n) is 5.78. The number of thiazole rings is 1. The second kappa shape index (κ2) is 7.53. The highest BCUT2D eigenvalue weighted by Crippen LogP contribution is 2.29. The van der Waals surface area contributed by atoms with Crippen molar-refractivity contribution in [2.75, 3.05) is 4.90 Å². The quantitative estimate of drug-likeness (QED) is 0.623. The number of benzene rings is 1. The molecule has 2 heterocycles. The Morgan fingerprint density at radius 1 is 1.27 bits per heavy atom. The number of hydrogen-bond acceptors (Lipinski definition) is 6. The summed E-state index contributed by atoms with van der Waals surface area (Å²) in [4.78, 5) is 30.1. The number of nitrogens with zero attached hydrogens (tertiary/aromatic N) is 2. The summed E-state index contributed by atoms with van der Waals surface area (Å²) in [6.07, 6.45) is 1.44. The molecule has 0 N–H and O–H groups in total. The van der Waals surface area contributed by atoms with Crippen molar-refractivity contribution in [2.45, 2.75) is 27.4 Å². The van der Waals surface area contributed by atoms with Gasteiger partial charge in [-0.25, -0.2) is 9.78 Å². The number of hydrogen-bond donors (Lipinski definition) is 0. The molecular weight excluding hydrogens is 352 g/mol. The number of ether oxygens (including phenoxy) is 1. The molecule has 0 radical (unpaired) electrons. The van der Waals surface area contributed by atoms with Crippen LogP contribution >= 0.6 is 11.3 Å². The Bertz CT molecular complexity index is 944. The maximum atomic E-state index is 12.1. The normalized spacial score (nSPS) is 10.6. The number of rotatable bonds is 5. The molecule has 0 saturated carbocycles. The van der Waals surface area contributed by atoms with Gasteiger partial charge < -0.3 is 9.15 Å². The van der Waals surface area contributed by atoms with Gasteiger partial charge in [-0.05, 0) is 37.6 Å². The molecule has 7 heteroatoms. The number of carbonyl (C=O) groups is 2. The highest BCUT2D eigenvalue weighted by molar-refractivity contribution is 7.14. The van der Waals surface area contributed by atoms with E-state index < -0.39 is 5.97 Å². The van der Waals surface area contributed by atoms with E-state index in [1.165, 1.54) is 24.5 Å². The van der Waals surface area contributed by atoms with Gasteiger partial charge in [0.2, 0.25) is 5.91 Å². The molecule has 0 saturated heterocycles. The third kappa shape index (κ3) is 3.83. The molecule has 0 aliphatic carbocycles. The Hall–Kier alpha value is -2.93. The van der Waals surface area contributed by atoms with Gasteiger partial charge in [0.05, 0.1) is 17.6 Å². The van der Waals surface area contributed by atoms with E-state index in [4.69, 9.17) is 9.15 Å². The fraction of sp³-hybridized carbons (Fsp3) is 0.211. The van der Waals surface area contributed by atoms with Gasteiger partial charge in [-0.15, -0.1) is 11.3 Å². The van der Waals surface area contributed by atoms with Crippen LogP contribution in [-0.4, -0.2) is 16.9 Å². The first kappa shape index (κ1) is 17.9. The maximum Gasteiger partial charge on any atom is 0.342 e. The van der Waals surface area contributed by atoms with Crippen LogP contribution in [0.25, 0.3) is 0 Å².